The fraction of sp³-hybridized carbons (Fsp3) is 0.292. The summed E-state index contributed by atoms with van der Waals surface area (Å²) in [6.45, 7) is 3.81. The molecule has 0 amide bonds. The molecule has 1 aliphatic carbocycles. The second-order valence-corrected chi connectivity index (χ2v) is 7.31. The zero-order valence-electron chi connectivity index (χ0n) is 17.0. The van der Waals surface area contributed by atoms with E-state index in [4.69, 9.17) is 19.2 Å². The molecule has 1 aliphatic rings. The van der Waals surface area contributed by atoms with E-state index >= 15 is 0 Å². The minimum Gasteiger partial charge on any atom is -0.493 e. The predicted molar refractivity (Wildman–Crippen MR) is 110 cm³/mol. The van der Waals surface area contributed by atoms with Crippen LogP contribution in [0.3, 0.4) is 0 Å². The van der Waals surface area contributed by atoms with Gasteiger partial charge in [-0.25, -0.2) is 4.98 Å². The fourth-order valence-electron chi connectivity index (χ4n) is 3.70. The van der Waals surface area contributed by atoms with Gasteiger partial charge in [0.2, 0.25) is 5.89 Å². The Bertz CT molecular complexity index is 1110. The van der Waals surface area contributed by atoms with Crippen molar-refractivity contribution in [3.8, 4) is 23.3 Å². The number of oxazole rings is 1. The van der Waals surface area contributed by atoms with Crippen LogP contribution < -0.4 is 4.74 Å². The number of ether oxygens (including phenoxy) is 2. The van der Waals surface area contributed by atoms with E-state index in [9.17, 15) is 4.79 Å². The Hall–Kier alpha value is -3.59. The summed E-state index contributed by atoms with van der Waals surface area (Å²) >= 11 is 0. The molecule has 0 saturated carbocycles. The Kier molecular flexibility index (Phi) is 5.53. The molecular weight excluding hydrogens is 380 g/mol. The van der Waals surface area contributed by atoms with Crippen molar-refractivity contribution in [2.45, 2.75) is 39.2 Å². The monoisotopic (exact) mass is 402 g/mol. The van der Waals surface area contributed by atoms with Crippen LogP contribution in [0.25, 0.3) is 11.5 Å². The van der Waals surface area contributed by atoms with Crippen LogP contribution in [0.5, 0.6) is 5.75 Å². The number of esters is 1. The number of carbonyl (C=O) groups is 1. The number of nitrogens with zero attached hydrogens (tertiary/aromatic N) is 2. The lowest BCUT2D eigenvalue weighted by atomic mass is 10.1. The summed E-state index contributed by atoms with van der Waals surface area (Å²) in [7, 11) is 0. The molecule has 0 N–H and O–H groups in total. The molecule has 0 saturated heterocycles. The number of aromatic nitrogens is 1. The van der Waals surface area contributed by atoms with Gasteiger partial charge in [0.15, 0.2) is 0 Å². The SMILES string of the molecule is CC(=O)OC1CCc2cc(OCCc3nc(-c4ccc(C#N)cc4)oc3C)ccc21. The third-order valence-electron chi connectivity index (χ3n) is 5.21. The molecule has 4 rings (SSSR count). The van der Waals surface area contributed by atoms with Crippen molar-refractivity contribution < 1.29 is 18.7 Å². The molecule has 1 heterocycles. The zero-order chi connectivity index (χ0) is 21.1. The van der Waals surface area contributed by atoms with Crippen molar-refractivity contribution in [2.24, 2.45) is 0 Å². The first-order valence-electron chi connectivity index (χ1n) is 9.93. The summed E-state index contributed by atoms with van der Waals surface area (Å²) in [6.07, 6.45) is 2.17. The minimum absolute atomic E-state index is 0.148. The lowest BCUT2D eigenvalue weighted by molar-refractivity contribution is -0.146. The van der Waals surface area contributed by atoms with Gasteiger partial charge in [0.1, 0.15) is 17.6 Å². The molecule has 0 aliphatic heterocycles. The minimum atomic E-state index is -0.253. The van der Waals surface area contributed by atoms with Gasteiger partial charge in [-0.15, -0.1) is 0 Å². The predicted octanol–water partition coefficient (Wildman–Crippen LogP) is 4.69. The number of aryl methyl sites for hydroxylation is 2. The van der Waals surface area contributed by atoms with Gasteiger partial charge in [-0.2, -0.15) is 5.26 Å². The summed E-state index contributed by atoms with van der Waals surface area (Å²) in [6, 6.07) is 15.2. The third-order valence-corrected chi connectivity index (χ3v) is 5.21. The smallest absolute Gasteiger partial charge is 0.303 e. The average Bonchev–Trinajstić information content (AvgIpc) is 3.31. The van der Waals surface area contributed by atoms with Gasteiger partial charge in [0.05, 0.1) is 23.9 Å². The lowest BCUT2D eigenvalue weighted by Crippen LogP contribution is -2.05. The van der Waals surface area contributed by atoms with E-state index in [0.29, 0.717) is 24.5 Å². The first-order chi connectivity index (χ1) is 14.5. The number of hydrogen-bond acceptors (Lipinski definition) is 6. The Balaban J connectivity index is 1.37. The lowest BCUT2D eigenvalue weighted by Gasteiger charge is -2.12. The van der Waals surface area contributed by atoms with E-state index in [1.807, 2.05) is 37.3 Å². The van der Waals surface area contributed by atoms with E-state index in [1.165, 1.54) is 12.5 Å². The van der Waals surface area contributed by atoms with Crippen molar-refractivity contribution in [2.75, 3.05) is 6.61 Å². The van der Waals surface area contributed by atoms with E-state index in [-0.39, 0.29) is 12.1 Å². The molecule has 1 unspecified atom stereocenters. The number of carbonyl (C=O) groups excluding carboxylic acids is 1. The number of fused-ring (bicyclic) bond motifs is 1. The molecule has 0 bridgehead atoms. The van der Waals surface area contributed by atoms with Crippen LogP contribution in [-0.2, 0) is 22.4 Å². The van der Waals surface area contributed by atoms with Crippen molar-refractivity contribution in [1.29, 1.82) is 5.26 Å². The summed E-state index contributed by atoms with van der Waals surface area (Å²) < 4.78 is 17.1. The molecule has 2 aromatic carbocycles. The van der Waals surface area contributed by atoms with Crippen LogP contribution in [0, 0.1) is 18.3 Å². The van der Waals surface area contributed by atoms with Gasteiger partial charge in [-0.1, -0.05) is 6.07 Å². The largest absolute Gasteiger partial charge is 0.493 e. The van der Waals surface area contributed by atoms with Crippen LogP contribution >= 0.6 is 0 Å². The molecule has 0 fully saturated rings. The molecule has 6 nitrogen and oxygen atoms in total. The van der Waals surface area contributed by atoms with Gasteiger partial charge < -0.3 is 13.9 Å². The van der Waals surface area contributed by atoms with Crippen LogP contribution in [0.15, 0.2) is 46.9 Å². The highest BCUT2D eigenvalue weighted by Crippen LogP contribution is 2.36. The standard InChI is InChI=1S/C24H22N2O4/c1-15-22(26-24(29-15)18-5-3-17(14-25)4-6-18)11-12-28-20-8-9-21-19(13-20)7-10-23(21)30-16(2)27/h3-6,8-9,13,23H,7,10-12H2,1-2H3. The summed E-state index contributed by atoms with van der Waals surface area (Å²) in [5.74, 6) is 1.85. The first kappa shape index (κ1) is 19.7. The van der Waals surface area contributed by atoms with Crippen LogP contribution in [0.4, 0.5) is 0 Å². The molecule has 1 aromatic heterocycles. The number of hydrogen-bond donors (Lipinski definition) is 0. The van der Waals surface area contributed by atoms with Crippen LogP contribution in [0.1, 0.15) is 47.6 Å². The molecular formula is C24H22N2O4. The molecule has 0 spiro atoms. The van der Waals surface area contributed by atoms with E-state index in [2.05, 4.69) is 11.1 Å². The van der Waals surface area contributed by atoms with E-state index in [1.54, 1.807) is 12.1 Å². The number of nitriles is 1. The second-order valence-electron chi connectivity index (χ2n) is 7.31. The Labute approximate surface area is 175 Å². The van der Waals surface area contributed by atoms with Crippen molar-refractivity contribution in [3.05, 3.63) is 70.6 Å². The van der Waals surface area contributed by atoms with Gasteiger partial charge in [0, 0.05) is 18.9 Å². The quantitative estimate of drug-likeness (QED) is 0.556. The molecule has 152 valence electrons. The number of rotatable bonds is 6. The maximum absolute atomic E-state index is 11.2. The van der Waals surface area contributed by atoms with Gasteiger partial charge >= 0.3 is 5.97 Å². The number of benzene rings is 2. The van der Waals surface area contributed by atoms with Crippen LogP contribution in [0.2, 0.25) is 0 Å². The molecule has 3 aromatic rings. The first-order valence-corrected chi connectivity index (χ1v) is 9.93. The Morgan fingerprint density at radius 3 is 2.80 bits per heavy atom. The van der Waals surface area contributed by atoms with E-state index in [0.717, 1.165) is 41.2 Å². The maximum Gasteiger partial charge on any atom is 0.303 e. The van der Waals surface area contributed by atoms with Crippen molar-refractivity contribution in [1.82, 2.24) is 4.98 Å². The van der Waals surface area contributed by atoms with Gasteiger partial charge in [-0.05, 0) is 67.3 Å². The second kappa shape index (κ2) is 8.42. The van der Waals surface area contributed by atoms with Gasteiger partial charge in [0.25, 0.3) is 0 Å². The van der Waals surface area contributed by atoms with Gasteiger partial charge in [-0.3, -0.25) is 4.79 Å². The normalized spacial score (nSPS) is 14.8. The van der Waals surface area contributed by atoms with Crippen LogP contribution in [-0.4, -0.2) is 17.6 Å². The summed E-state index contributed by atoms with van der Waals surface area (Å²) in [5, 5.41) is 8.91. The summed E-state index contributed by atoms with van der Waals surface area (Å²) in [4.78, 5) is 15.8. The fourth-order valence-corrected chi connectivity index (χ4v) is 3.70. The molecule has 1 atom stereocenters. The Morgan fingerprint density at radius 1 is 1.27 bits per heavy atom. The third kappa shape index (κ3) is 4.20. The van der Waals surface area contributed by atoms with Crippen molar-refractivity contribution in [3.63, 3.8) is 0 Å². The highest BCUT2D eigenvalue weighted by atomic mass is 16.5. The topological polar surface area (TPSA) is 85.4 Å². The van der Waals surface area contributed by atoms with E-state index < -0.39 is 0 Å². The summed E-state index contributed by atoms with van der Waals surface area (Å²) in [5.41, 5.74) is 4.52. The highest BCUT2D eigenvalue weighted by Gasteiger charge is 2.25. The molecule has 30 heavy (non-hydrogen) atoms. The zero-order valence-corrected chi connectivity index (χ0v) is 17.0. The van der Waals surface area contributed by atoms with Crippen molar-refractivity contribution >= 4 is 5.97 Å². The maximum atomic E-state index is 11.2. The molecule has 6 heteroatoms. The Morgan fingerprint density at radius 2 is 2.07 bits per heavy atom. The molecule has 0 radical (unpaired) electrons. The average molecular weight is 402 g/mol. The highest BCUT2D eigenvalue weighted by molar-refractivity contribution is 5.66.